The molecule has 3 aromatic rings. The molecule has 128 valence electrons. The summed E-state index contributed by atoms with van der Waals surface area (Å²) in [6.45, 7) is 5.94. The number of hydrogen-bond donors (Lipinski definition) is 3. The van der Waals surface area contributed by atoms with Gasteiger partial charge in [0.2, 0.25) is 0 Å². The minimum Gasteiger partial charge on any atom is -0.508 e. The number of anilines is 1. The van der Waals surface area contributed by atoms with Crippen LogP contribution in [0.4, 0.5) is 5.69 Å². The Balaban J connectivity index is 2.28. The number of aryl methyl sites for hydroxylation is 2. The molecule has 0 fully saturated rings. The molecule has 0 aliphatic rings. The van der Waals surface area contributed by atoms with E-state index in [1.54, 1.807) is 12.1 Å². The molecule has 0 unspecified atom stereocenters. The predicted molar refractivity (Wildman–Crippen MR) is 102 cm³/mol. The van der Waals surface area contributed by atoms with Gasteiger partial charge in [-0.1, -0.05) is 36.4 Å². The van der Waals surface area contributed by atoms with Gasteiger partial charge in [-0.25, -0.2) is 0 Å². The van der Waals surface area contributed by atoms with Crippen molar-refractivity contribution in [2.24, 2.45) is 0 Å². The molecule has 0 heterocycles. The Bertz CT molecular complexity index is 862. The first kappa shape index (κ1) is 16.9. The molecule has 0 aliphatic carbocycles. The predicted octanol–water partition coefficient (Wildman–Crippen LogP) is 4.65. The smallest absolute Gasteiger partial charge is 0.118 e. The summed E-state index contributed by atoms with van der Waals surface area (Å²) in [4.78, 5) is 0. The first-order valence-corrected chi connectivity index (χ1v) is 8.28. The van der Waals surface area contributed by atoms with Crippen molar-refractivity contribution in [2.75, 3.05) is 5.73 Å². The van der Waals surface area contributed by atoms with Crippen molar-refractivity contribution in [3.8, 4) is 11.5 Å². The summed E-state index contributed by atoms with van der Waals surface area (Å²) in [5.41, 5.74) is 11.0. The zero-order chi connectivity index (χ0) is 18.2. The van der Waals surface area contributed by atoms with Gasteiger partial charge < -0.3 is 15.9 Å². The highest BCUT2D eigenvalue weighted by Crippen LogP contribution is 2.41. The number of rotatable bonds is 3. The summed E-state index contributed by atoms with van der Waals surface area (Å²) < 4.78 is 0. The van der Waals surface area contributed by atoms with Crippen molar-refractivity contribution in [3.63, 3.8) is 0 Å². The Labute approximate surface area is 148 Å². The molecular weight excluding hydrogens is 310 g/mol. The van der Waals surface area contributed by atoms with Gasteiger partial charge in [0.25, 0.3) is 0 Å². The highest BCUT2D eigenvalue weighted by Gasteiger charge is 2.32. The third kappa shape index (κ3) is 2.93. The van der Waals surface area contributed by atoms with Crippen molar-refractivity contribution >= 4 is 5.69 Å². The molecule has 0 saturated heterocycles. The van der Waals surface area contributed by atoms with E-state index in [0.717, 1.165) is 33.5 Å². The zero-order valence-electron chi connectivity index (χ0n) is 14.7. The molecule has 0 aliphatic heterocycles. The number of nitrogen functional groups attached to an aromatic ring is 1. The van der Waals surface area contributed by atoms with E-state index in [1.807, 2.05) is 62.4 Å². The van der Waals surface area contributed by atoms with Gasteiger partial charge in [0.15, 0.2) is 0 Å². The minimum absolute atomic E-state index is 0.283. The van der Waals surface area contributed by atoms with Gasteiger partial charge in [-0.05, 0) is 72.9 Å². The Morgan fingerprint density at radius 1 is 0.680 bits per heavy atom. The maximum Gasteiger partial charge on any atom is 0.118 e. The molecule has 3 nitrogen and oxygen atoms in total. The fraction of sp³-hybridized carbons (Fsp3) is 0.182. The van der Waals surface area contributed by atoms with Crippen molar-refractivity contribution in [1.82, 2.24) is 0 Å². The lowest BCUT2D eigenvalue weighted by Crippen LogP contribution is -2.25. The third-order valence-electron chi connectivity index (χ3n) is 5.04. The fourth-order valence-corrected chi connectivity index (χ4v) is 3.25. The molecule has 3 aromatic carbocycles. The largest absolute Gasteiger partial charge is 0.508 e. The molecule has 0 saturated carbocycles. The van der Waals surface area contributed by atoms with Crippen molar-refractivity contribution in [3.05, 3.63) is 88.5 Å². The zero-order valence-corrected chi connectivity index (χ0v) is 14.7. The van der Waals surface area contributed by atoms with E-state index in [4.69, 9.17) is 5.73 Å². The highest BCUT2D eigenvalue weighted by molar-refractivity contribution is 5.55. The van der Waals surface area contributed by atoms with E-state index >= 15 is 0 Å². The standard InChI is InChI=1S/C22H23NO2/c1-14-12-17(6-10-20(14)24)22(3,16-4-8-19(23)9-5-16)18-7-11-21(25)15(2)13-18/h4-13,24-25H,23H2,1-3H3. The quantitative estimate of drug-likeness (QED) is 0.483. The molecule has 0 amide bonds. The molecule has 4 N–H and O–H groups in total. The molecule has 0 bridgehead atoms. The topological polar surface area (TPSA) is 66.5 Å². The lowest BCUT2D eigenvalue weighted by molar-refractivity contribution is 0.470. The third-order valence-corrected chi connectivity index (χ3v) is 5.04. The van der Waals surface area contributed by atoms with Crippen LogP contribution in [-0.2, 0) is 5.41 Å². The number of phenolic OH excluding ortho intramolecular Hbond substituents is 2. The van der Waals surface area contributed by atoms with E-state index in [-0.39, 0.29) is 11.5 Å². The van der Waals surface area contributed by atoms with Crippen LogP contribution in [0.2, 0.25) is 0 Å². The van der Waals surface area contributed by atoms with Crippen LogP contribution in [0.1, 0.15) is 34.7 Å². The second-order valence-corrected chi connectivity index (χ2v) is 6.75. The molecule has 25 heavy (non-hydrogen) atoms. The van der Waals surface area contributed by atoms with Gasteiger partial charge in [0.1, 0.15) is 11.5 Å². The first-order valence-electron chi connectivity index (χ1n) is 8.28. The first-order chi connectivity index (χ1) is 11.8. The molecule has 0 atom stereocenters. The monoisotopic (exact) mass is 333 g/mol. The normalized spacial score (nSPS) is 11.5. The van der Waals surface area contributed by atoms with E-state index in [2.05, 4.69) is 6.92 Å². The van der Waals surface area contributed by atoms with Crippen molar-refractivity contribution in [2.45, 2.75) is 26.2 Å². The van der Waals surface area contributed by atoms with Gasteiger partial charge >= 0.3 is 0 Å². The number of aromatic hydroxyl groups is 2. The van der Waals surface area contributed by atoms with Gasteiger partial charge in [0, 0.05) is 11.1 Å². The fourth-order valence-electron chi connectivity index (χ4n) is 3.25. The summed E-state index contributed by atoms with van der Waals surface area (Å²) in [7, 11) is 0. The lowest BCUT2D eigenvalue weighted by Gasteiger charge is -2.32. The van der Waals surface area contributed by atoms with Gasteiger partial charge in [-0.2, -0.15) is 0 Å². The van der Waals surface area contributed by atoms with Crippen LogP contribution >= 0.6 is 0 Å². The van der Waals surface area contributed by atoms with E-state index in [9.17, 15) is 10.2 Å². The van der Waals surface area contributed by atoms with Crippen LogP contribution in [-0.4, -0.2) is 10.2 Å². The number of benzene rings is 3. The second-order valence-electron chi connectivity index (χ2n) is 6.75. The molecule has 3 heteroatoms. The van der Waals surface area contributed by atoms with Crippen LogP contribution in [0.5, 0.6) is 11.5 Å². The van der Waals surface area contributed by atoms with Crippen LogP contribution in [0.3, 0.4) is 0 Å². The average molecular weight is 333 g/mol. The molecule has 3 rings (SSSR count). The summed E-state index contributed by atoms with van der Waals surface area (Å²) in [6, 6.07) is 19.2. The average Bonchev–Trinajstić information content (AvgIpc) is 2.59. The SMILES string of the molecule is Cc1cc(C(C)(c2ccc(N)cc2)c2ccc(O)c(C)c2)ccc1O. The summed E-state index contributed by atoms with van der Waals surface area (Å²) >= 11 is 0. The Morgan fingerprint density at radius 2 is 1.08 bits per heavy atom. The van der Waals surface area contributed by atoms with Crippen LogP contribution in [0.25, 0.3) is 0 Å². The number of hydrogen-bond acceptors (Lipinski definition) is 3. The van der Waals surface area contributed by atoms with Gasteiger partial charge in [-0.15, -0.1) is 0 Å². The molecular formula is C22H23NO2. The van der Waals surface area contributed by atoms with E-state index in [1.165, 1.54) is 0 Å². The Morgan fingerprint density at radius 3 is 1.48 bits per heavy atom. The Hall–Kier alpha value is -2.94. The highest BCUT2D eigenvalue weighted by atomic mass is 16.3. The maximum absolute atomic E-state index is 9.92. The van der Waals surface area contributed by atoms with E-state index < -0.39 is 5.41 Å². The van der Waals surface area contributed by atoms with Gasteiger partial charge in [0.05, 0.1) is 0 Å². The van der Waals surface area contributed by atoms with Crippen LogP contribution in [0, 0.1) is 13.8 Å². The molecule has 0 aromatic heterocycles. The van der Waals surface area contributed by atoms with Crippen molar-refractivity contribution < 1.29 is 10.2 Å². The maximum atomic E-state index is 9.92. The minimum atomic E-state index is -0.440. The van der Waals surface area contributed by atoms with Crippen LogP contribution < -0.4 is 5.73 Å². The van der Waals surface area contributed by atoms with Gasteiger partial charge in [-0.3, -0.25) is 0 Å². The Kier molecular flexibility index (Phi) is 4.17. The van der Waals surface area contributed by atoms with E-state index in [0.29, 0.717) is 0 Å². The number of nitrogens with two attached hydrogens (primary N) is 1. The number of phenols is 2. The molecule has 0 spiro atoms. The van der Waals surface area contributed by atoms with Crippen molar-refractivity contribution in [1.29, 1.82) is 0 Å². The van der Waals surface area contributed by atoms with Crippen LogP contribution in [0.15, 0.2) is 60.7 Å². The second kappa shape index (κ2) is 6.17. The summed E-state index contributed by atoms with van der Waals surface area (Å²) in [5, 5.41) is 19.8. The summed E-state index contributed by atoms with van der Waals surface area (Å²) in [5.74, 6) is 0.565. The lowest BCUT2D eigenvalue weighted by atomic mass is 9.70. The summed E-state index contributed by atoms with van der Waals surface area (Å²) in [6.07, 6.45) is 0. The molecule has 0 radical (unpaired) electrons.